The lowest BCUT2D eigenvalue weighted by atomic mass is 9.92. The topological polar surface area (TPSA) is 99.8 Å². The molecule has 0 aliphatic heterocycles. The molecule has 0 aliphatic rings. The van der Waals surface area contributed by atoms with Gasteiger partial charge in [0, 0.05) is 13.6 Å². The molecule has 0 unspecified atom stereocenters. The van der Waals surface area contributed by atoms with Crippen molar-refractivity contribution < 1.29 is 9.59 Å². The van der Waals surface area contributed by atoms with Gasteiger partial charge in [-0.25, -0.2) is 0 Å². The number of hydrogen-bond donors (Lipinski definition) is 3. The number of nitrogens with one attached hydrogen (secondary N) is 3. The lowest BCUT2D eigenvalue weighted by Gasteiger charge is -2.22. The standard InChI is InChI=1S/C9H15N5O2/c1-9(2,8(16)10-3)5-11-7(15)6-4-12-14-13-6/h4H,5H2,1-3H3,(H,10,16)(H,11,15)(H,12,13,14). The first-order chi connectivity index (χ1) is 7.47. The van der Waals surface area contributed by atoms with Gasteiger partial charge in [-0.1, -0.05) is 0 Å². The van der Waals surface area contributed by atoms with Crippen molar-refractivity contribution in [2.45, 2.75) is 13.8 Å². The van der Waals surface area contributed by atoms with Crippen LogP contribution in [0, 0.1) is 5.41 Å². The van der Waals surface area contributed by atoms with Crippen molar-refractivity contribution in [3.8, 4) is 0 Å². The lowest BCUT2D eigenvalue weighted by Crippen LogP contribution is -2.43. The largest absolute Gasteiger partial charge is 0.359 e. The van der Waals surface area contributed by atoms with Crippen LogP contribution in [0.15, 0.2) is 6.20 Å². The van der Waals surface area contributed by atoms with Gasteiger partial charge in [-0.2, -0.15) is 15.4 Å². The summed E-state index contributed by atoms with van der Waals surface area (Å²) in [7, 11) is 1.56. The average molecular weight is 225 g/mol. The van der Waals surface area contributed by atoms with E-state index in [0.717, 1.165) is 0 Å². The van der Waals surface area contributed by atoms with E-state index in [4.69, 9.17) is 0 Å². The van der Waals surface area contributed by atoms with Crippen LogP contribution in [0.3, 0.4) is 0 Å². The van der Waals surface area contributed by atoms with E-state index in [1.54, 1.807) is 20.9 Å². The molecule has 0 fully saturated rings. The molecule has 0 saturated carbocycles. The molecule has 0 saturated heterocycles. The van der Waals surface area contributed by atoms with Crippen LogP contribution >= 0.6 is 0 Å². The van der Waals surface area contributed by atoms with Crippen molar-refractivity contribution in [3.63, 3.8) is 0 Å². The molecule has 7 heteroatoms. The molecule has 0 bridgehead atoms. The highest BCUT2D eigenvalue weighted by molar-refractivity contribution is 5.92. The first-order valence-electron chi connectivity index (χ1n) is 4.83. The molecular formula is C9H15N5O2. The van der Waals surface area contributed by atoms with Crippen LogP contribution in [0.2, 0.25) is 0 Å². The van der Waals surface area contributed by atoms with Crippen LogP contribution in [0.5, 0.6) is 0 Å². The minimum atomic E-state index is -0.659. The Labute approximate surface area is 93.0 Å². The minimum absolute atomic E-state index is 0.132. The SMILES string of the molecule is CNC(=O)C(C)(C)CNC(=O)c1cn[nH]n1. The van der Waals surface area contributed by atoms with Gasteiger partial charge in [-0.15, -0.1) is 0 Å². The van der Waals surface area contributed by atoms with E-state index in [9.17, 15) is 9.59 Å². The van der Waals surface area contributed by atoms with Gasteiger partial charge in [-0.3, -0.25) is 9.59 Å². The molecular weight excluding hydrogens is 210 g/mol. The molecule has 2 amide bonds. The van der Waals surface area contributed by atoms with Crippen molar-refractivity contribution in [2.75, 3.05) is 13.6 Å². The summed E-state index contributed by atoms with van der Waals surface area (Å²) in [6.45, 7) is 3.72. The molecule has 0 aromatic carbocycles. The maximum atomic E-state index is 11.5. The van der Waals surface area contributed by atoms with E-state index >= 15 is 0 Å². The van der Waals surface area contributed by atoms with Gasteiger partial charge in [0.15, 0.2) is 5.69 Å². The van der Waals surface area contributed by atoms with E-state index in [0.29, 0.717) is 0 Å². The number of rotatable bonds is 4. The highest BCUT2D eigenvalue weighted by atomic mass is 16.2. The van der Waals surface area contributed by atoms with Crippen LogP contribution in [0.25, 0.3) is 0 Å². The Hall–Kier alpha value is -1.92. The summed E-state index contributed by atoms with van der Waals surface area (Å²) in [5, 5.41) is 14.7. The number of nitrogens with zero attached hydrogens (tertiary/aromatic N) is 2. The smallest absolute Gasteiger partial charge is 0.273 e. The Morgan fingerprint density at radius 1 is 1.50 bits per heavy atom. The predicted octanol–water partition coefficient (Wildman–Crippen LogP) is -0.693. The van der Waals surface area contributed by atoms with Crippen molar-refractivity contribution >= 4 is 11.8 Å². The molecule has 16 heavy (non-hydrogen) atoms. The average Bonchev–Trinajstić information content (AvgIpc) is 2.78. The van der Waals surface area contributed by atoms with E-state index < -0.39 is 5.41 Å². The molecule has 1 aromatic rings. The van der Waals surface area contributed by atoms with Gasteiger partial charge in [0.1, 0.15) is 0 Å². The molecule has 0 aliphatic carbocycles. The van der Waals surface area contributed by atoms with Crippen molar-refractivity contribution in [1.82, 2.24) is 26.0 Å². The number of hydrogen-bond acceptors (Lipinski definition) is 4. The second-order valence-electron chi connectivity index (χ2n) is 4.00. The molecule has 0 radical (unpaired) electrons. The third kappa shape index (κ3) is 2.78. The van der Waals surface area contributed by atoms with Crippen LogP contribution in [-0.2, 0) is 4.79 Å². The highest BCUT2D eigenvalue weighted by Gasteiger charge is 2.27. The number of aromatic amines is 1. The zero-order chi connectivity index (χ0) is 12.2. The molecule has 0 atom stereocenters. The summed E-state index contributed by atoms with van der Waals surface area (Å²) >= 11 is 0. The minimum Gasteiger partial charge on any atom is -0.359 e. The van der Waals surface area contributed by atoms with Crippen molar-refractivity contribution in [1.29, 1.82) is 0 Å². The molecule has 0 spiro atoms. The third-order valence-electron chi connectivity index (χ3n) is 2.18. The van der Waals surface area contributed by atoms with E-state index in [-0.39, 0.29) is 24.1 Å². The first-order valence-corrected chi connectivity index (χ1v) is 4.83. The zero-order valence-corrected chi connectivity index (χ0v) is 9.50. The van der Waals surface area contributed by atoms with E-state index in [2.05, 4.69) is 26.0 Å². The van der Waals surface area contributed by atoms with Gasteiger partial charge in [0.25, 0.3) is 5.91 Å². The first kappa shape index (κ1) is 12.2. The van der Waals surface area contributed by atoms with Gasteiger partial charge >= 0.3 is 0 Å². The van der Waals surface area contributed by atoms with Crippen molar-refractivity contribution in [3.05, 3.63) is 11.9 Å². The molecule has 88 valence electrons. The number of carbonyl (C=O) groups is 2. The molecule has 1 heterocycles. The highest BCUT2D eigenvalue weighted by Crippen LogP contribution is 2.13. The molecule has 7 nitrogen and oxygen atoms in total. The Morgan fingerprint density at radius 3 is 2.69 bits per heavy atom. The molecule has 1 rings (SSSR count). The summed E-state index contributed by atoms with van der Waals surface area (Å²) in [5.41, 5.74) is -0.457. The summed E-state index contributed by atoms with van der Waals surface area (Å²) < 4.78 is 0. The zero-order valence-electron chi connectivity index (χ0n) is 9.50. The van der Waals surface area contributed by atoms with Gasteiger partial charge in [0.2, 0.25) is 5.91 Å². The number of carbonyl (C=O) groups excluding carboxylic acids is 2. The van der Waals surface area contributed by atoms with Gasteiger partial charge in [-0.05, 0) is 13.8 Å². The van der Waals surface area contributed by atoms with Gasteiger partial charge < -0.3 is 10.6 Å². The maximum absolute atomic E-state index is 11.5. The number of aromatic nitrogens is 3. The second-order valence-corrected chi connectivity index (χ2v) is 4.00. The molecule has 3 N–H and O–H groups in total. The normalized spacial score (nSPS) is 10.9. The summed E-state index contributed by atoms with van der Waals surface area (Å²) in [6, 6.07) is 0. The number of amides is 2. The maximum Gasteiger partial charge on any atom is 0.273 e. The number of H-pyrrole nitrogens is 1. The fourth-order valence-electron chi connectivity index (χ4n) is 1.12. The predicted molar refractivity (Wildman–Crippen MR) is 56.6 cm³/mol. The van der Waals surface area contributed by atoms with Crippen LogP contribution in [-0.4, -0.2) is 40.8 Å². The summed E-state index contributed by atoms with van der Waals surface area (Å²) in [5.74, 6) is -0.487. The Bertz CT molecular complexity index is 371. The molecule has 1 aromatic heterocycles. The van der Waals surface area contributed by atoms with Crippen molar-refractivity contribution in [2.24, 2.45) is 5.41 Å². The van der Waals surface area contributed by atoms with Crippen LogP contribution in [0.4, 0.5) is 0 Å². The Balaban J connectivity index is 2.52. The van der Waals surface area contributed by atoms with E-state index in [1.807, 2.05) is 0 Å². The Kier molecular flexibility index (Phi) is 3.60. The Morgan fingerprint density at radius 2 is 2.19 bits per heavy atom. The van der Waals surface area contributed by atoms with E-state index in [1.165, 1.54) is 6.20 Å². The second kappa shape index (κ2) is 4.73. The quantitative estimate of drug-likeness (QED) is 0.631. The third-order valence-corrected chi connectivity index (χ3v) is 2.18. The monoisotopic (exact) mass is 225 g/mol. The summed E-state index contributed by atoms with van der Waals surface area (Å²) in [4.78, 5) is 22.9. The fourth-order valence-corrected chi connectivity index (χ4v) is 1.12. The lowest BCUT2D eigenvalue weighted by molar-refractivity contribution is -0.128. The van der Waals surface area contributed by atoms with Gasteiger partial charge in [0.05, 0.1) is 11.6 Å². The fraction of sp³-hybridized carbons (Fsp3) is 0.556. The summed E-state index contributed by atoms with van der Waals surface area (Å²) in [6.07, 6.45) is 1.32. The van der Waals surface area contributed by atoms with Crippen LogP contribution < -0.4 is 10.6 Å². The van der Waals surface area contributed by atoms with Crippen LogP contribution in [0.1, 0.15) is 24.3 Å².